The van der Waals surface area contributed by atoms with E-state index in [1.54, 1.807) is 0 Å². The molecular weight excluding hydrogens is 506 g/mol. The van der Waals surface area contributed by atoms with E-state index in [-0.39, 0.29) is 19.3 Å². The highest BCUT2D eigenvalue weighted by molar-refractivity contribution is 5.94. The molecule has 16 heteroatoms. The summed E-state index contributed by atoms with van der Waals surface area (Å²) in [4.78, 5) is 78.6. The van der Waals surface area contributed by atoms with Crippen molar-refractivity contribution in [1.29, 1.82) is 0 Å². The Morgan fingerprint density at radius 3 is 1.89 bits per heavy atom. The molecule has 0 fully saturated rings. The molecule has 4 unspecified atom stereocenters. The number of unbranched alkanes of at least 4 members (excludes halogenated alkanes) is 1. The summed E-state index contributed by atoms with van der Waals surface area (Å²) in [6.07, 6.45) is 2.30. The molecule has 1 heterocycles. The van der Waals surface area contributed by atoms with Gasteiger partial charge in [-0.25, -0.2) is 9.78 Å². The van der Waals surface area contributed by atoms with Gasteiger partial charge in [0, 0.05) is 31.2 Å². The number of imidazole rings is 1. The van der Waals surface area contributed by atoms with E-state index < -0.39 is 79.1 Å². The van der Waals surface area contributed by atoms with E-state index in [0.717, 1.165) is 0 Å². The quantitative estimate of drug-likeness (QED) is 0.0834. The summed E-state index contributed by atoms with van der Waals surface area (Å²) in [7, 11) is 0. The van der Waals surface area contributed by atoms with E-state index in [2.05, 4.69) is 25.9 Å². The van der Waals surface area contributed by atoms with Crippen molar-refractivity contribution >= 4 is 35.6 Å². The molecule has 0 bridgehead atoms. The van der Waals surface area contributed by atoms with Crippen molar-refractivity contribution in [2.75, 3.05) is 6.54 Å². The van der Waals surface area contributed by atoms with Crippen LogP contribution in [0.25, 0.3) is 0 Å². The molecule has 0 aliphatic carbocycles. The SMILES string of the molecule is NCCCCC(N)C(=O)NC(CCC(=O)O)C(=O)NC(Cc1cnc[nH]1)C(=O)NC(CCC(=O)O)C(=O)O. The molecule has 1 rings (SSSR count). The van der Waals surface area contributed by atoms with Crippen LogP contribution in [-0.2, 0) is 35.2 Å². The van der Waals surface area contributed by atoms with Gasteiger partial charge in [0.2, 0.25) is 17.7 Å². The second-order valence-electron chi connectivity index (χ2n) is 8.56. The molecule has 0 radical (unpaired) electrons. The third-order valence-electron chi connectivity index (χ3n) is 5.46. The zero-order valence-electron chi connectivity index (χ0n) is 20.7. The van der Waals surface area contributed by atoms with E-state index in [9.17, 15) is 33.9 Å². The fourth-order valence-electron chi connectivity index (χ4n) is 3.35. The molecule has 212 valence electrons. The van der Waals surface area contributed by atoms with Gasteiger partial charge in [-0.15, -0.1) is 0 Å². The van der Waals surface area contributed by atoms with Crippen molar-refractivity contribution in [2.24, 2.45) is 11.5 Å². The van der Waals surface area contributed by atoms with E-state index in [1.165, 1.54) is 12.5 Å². The average molecular weight is 542 g/mol. The third-order valence-corrected chi connectivity index (χ3v) is 5.46. The number of carboxylic acids is 3. The predicted molar refractivity (Wildman–Crippen MR) is 130 cm³/mol. The maximum absolute atomic E-state index is 13.1. The van der Waals surface area contributed by atoms with Crippen molar-refractivity contribution in [1.82, 2.24) is 25.9 Å². The molecule has 0 aliphatic heterocycles. The van der Waals surface area contributed by atoms with Crippen LogP contribution in [0.15, 0.2) is 12.5 Å². The van der Waals surface area contributed by atoms with Gasteiger partial charge in [0.25, 0.3) is 0 Å². The molecule has 4 atom stereocenters. The largest absolute Gasteiger partial charge is 0.481 e. The molecule has 0 aromatic carbocycles. The Morgan fingerprint density at radius 1 is 0.816 bits per heavy atom. The van der Waals surface area contributed by atoms with E-state index >= 15 is 0 Å². The molecule has 16 nitrogen and oxygen atoms in total. The summed E-state index contributed by atoms with van der Waals surface area (Å²) in [6, 6.07) is -5.26. The highest BCUT2D eigenvalue weighted by atomic mass is 16.4. The predicted octanol–water partition coefficient (Wildman–Crippen LogP) is -2.32. The number of nitrogens with zero attached hydrogens (tertiary/aromatic N) is 1. The molecular formula is C22H35N7O9. The Morgan fingerprint density at radius 2 is 1.37 bits per heavy atom. The number of aliphatic carboxylic acids is 3. The lowest BCUT2D eigenvalue weighted by molar-refractivity contribution is -0.143. The number of hydrogen-bond acceptors (Lipinski definition) is 9. The lowest BCUT2D eigenvalue weighted by Gasteiger charge is -2.25. The fourth-order valence-corrected chi connectivity index (χ4v) is 3.35. The molecule has 38 heavy (non-hydrogen) atoms. The number of hydrogen-bond donors (Lipinski definition) is 9. The van der Waals surface area contributed by atoms with Crippen LogP contribution >= 0.6 is 0 Å². The normalized spacial score (nSPS) is 13.9. The number of carbonyl (C=O) groups is 6. The number of nitrogens with two attached hydrogens (primary N) is 2. The highest BCUT2D eigenvalue weighted by Crippen LogP contribution is 2.06. The standard InChI is InChI=1S/C22H35N7O9/c23-8-2-1-3-13(24)19(34)27-14(4-6-17(30)31)20(35)29-16(9-12-10-25-11-26-12)21(36)28-15(22(37)38)5-7-18(32)33/h10-11,13-16H,1-9,23-24H2,(H,25,26)(H,27,34)(H,28,36)(H,29,35)(H,30,31)(H,32,33)(H,37,38). The van der Waals surface area contributed by atoms with Gasteiger partial charge < -0.3 is 47.7 Å². The van der Waals surface area contributed by atoms with Crippen LogP contribution in [0, 0.1) is 0 Å². The first-order valence-electron chi connectivity index (χ1n) is 11.9. The minimum Gasteiger partial charge on any atom is -0.481 e. The van der Waals surface area contributed by atoms with Gasteiger partial charge in [-0.1, -0.05) is 6.42 Å². The summed E-state index contributed by atoms with van der Waals surface area (Å²) in [5, 5.41) is 34.3. The van der Waals surface area contributed by atoms with Gasteiger partial charge in [0.05, 0.1) is 12.4 Å². The van der Waals surface area contributed by atoms with Crippen molar-refractivity contribution in [3.63, 3.8) is 0 Å². The molecule has 1 aromatic heterocycles. The minimum atomic E-state index is -1.55. The van der Waals surface area contributed by atoms with Crippen molar-refractivity contribution in [2.45, 2.75) is 75.5 Å². The van der Waals surface area contributed by atoms with Crippen LogP contribution < -0.4 is 27.4 Å². The number of aromatic amines is 1. The number of carboxylic acid groups (broad SMARTS) is 3. The lowest BCUT2D eigenvalue weighted by Crippen LogP contribution is -2.57. The van der Waals surface area contributed by atoms with Gasteiger partial charge in [0.1, 0.15) is 18.1 Å². The molecule has 0 aliphatic rings. The van der Waals surface area contributed by atoms with Crippen LogP contribution in [0.4, 0.5) is 0 Å². The summed E-state index contributed by atoms with van der Waals surface area (Å²) < 4.78 is 0. The maximum atomic E-state index is 13.1. The molecule has 0 saturated carbocycles. The van der Waals surface area contributed by atoms with Crippen LogP contribution in [0.1, 0.15) is 50.6 Å². The van der Waals surface area contributed by atoms with Crippen LogP contribution in [-0.4, -0.2) is 91.6 Å². The topological polar surface area (TPSA) is 280 Å². The molecule has 11 N–H and O–H groups in total. The Hall–Kier alpha value is -4.05. The van der Waals surface area contributed by atoms with E-state index in [0.29, 0.717) is 25.1 Å². The van der Waals surface area contributed by atoms with Crippen molar-refractivity contribution in [3.05, 3.63) is 18.2 Å². The monoisotopic (exact) mass is 541 g/mol. The van der Waals surface area contributed by atoms with Crippen LogP contribution in [0.3, 0.4) is 0 Å². The number of H-pyrrole nitrogens is 1. The van der Waals surface area contributed by atoms with Gasteiger partial charge >= 0.3 is 17.9 Å². The van der Waals surface area contributed by atoms with Gasteiger partial charge in [0.15, 0.2) is 0 Å². The van der Waals surface area contributed by atoms with Crippen molar-refractivity contribution < 1.29 is 44.1 Å². The molecule has 3 amide bonds. The first kappa shape index (κ1) is 32.0. The van der Waals surface area contributed by atoms with Gasteiger partial charge in [-0.05, 0) is 32.2 Å². The minimum absolute atomic E-state index is 0.166. The summed E-state index contributed by atoms with van der Waals surface area (Å²) in [5.74, 6) is -6.48. The van der Waals surface area contributed by atoms with Gasteiger partial charge in [-0.3, -0.25) is 24.0 Å². The first-order valence-corrected chi connectivity index (χ1v) is 11.9. The second-order valence-corrected chi connectivity index (χ2v) is 8.56. The highest BCUT2D eigenvalue weighted by Gasteiger charge is 2.31. The van der Waals surface area contributed by atoms with E-state index in [1.807, 2.05) is 0 Å². The Labute approximate surface area is 217 Å². The lowest BCUT2D eigenvalue weighted by atomic mass is 10.0. The second kappa shape index (κ2) is 16.6. The Kier molecular flexibility index (Phi) is 14.0. The summed E-state index contributed by atoms with van der Waals surface area (Å²) in [6.45, 7) is 0.414. The average Bonchev–Trinajstić information content (AvgIpc) is 3.36. The third kappa shape index (κ3) is 12.3. The zero-order chi connectivity index (χ0) is 28.7. The summed E-state index contributed by atoms with van der Waals surface area (Å²) in [5.41, 5.74) is 11.7. The zero-order valence-corrected chi connectivity index (χ0v) is 20.7. The fraction of sp³-hybridized carbons (Fsp3) is 0.591. The molecule has 1 aromatic rings. The van der Waals surface area contributed by atoms with E-state index in [4.69, 9.17) is 21.7 Å². The number of aromatic nitrogens is 2. The number of carbonyl (C=O) groups excluding carboxylic acids is 3. The van der Waals surface area contributed by atoms with Gasteiger partial charge in [-0.2, -0.15) is 0 Å². The Bertz CT molecular complexity index is 955. The molecule has 0 saturated heterocycles. The number of rotatable bonds is 19. The first-order chi connectivity index (χ1) is 17.9. The number of amides is 3. The van der Waals surface area contributed by atoms with Crippen LogP contribution in [0.5, 0.6) is 0 Å². The van der Waals surface area contributed by atoms with Crippen LogP contribution in [0.2, 0.25) is 0 Å². The summed E-state index contributed by atoms with van der Waals surface area (Å²) >= 11 is 0. The molecule has 0 spiro atoms. The van der Waals surface area contributed by atoms with Crippen molar-refractivity contribution in [3.8, 4) is 0 Å². The smallest absolute Gasteiger partial charge is 0.326 e. The maximum Gasteiger partial charge on any atom is 0.326 e. The Balaban J connectivity index is 3.05. The number of nitrogens with one attached hydrogen (secondary N) is 4.